The minimum absolute atomic E-state index is 0.136. The number of aromatic nitrogens is 2. The summed E-state index contributed by atoms with van der Waals surface area (Å²) in [5, 5.41) is 9.48. The van der Waals surface area contributed by atoms with Crippen molar-refractivity contribution in [2.45, 2.75) is 6.42 Å². The van der Waals surface area contributed by atoms with Crippen LogP contribution in [0.25, 0.3) is 0 Å². The smallest absolute Gasteiger partial charge is 0.200 e. The summed E-state index contributed by atoms with van der Waals surface area (Å²) >= 11 is 0. The molecular weight excluding hydrogens is 218 g/mol. The van der Waals surface area contributed by atoms with Crippen LogP contribution in [0.2, 0.25) is 0 Å². The molecule has 0 aliphatic carbocycles. The molecule has 1 aromatic carbocycles. The Morgan fingerprint density at radius 2 is 2.24 bits per heavy atom. The third kappa shape index (κ3) is 2.33. The van der Waals surface area contributed by atoms with Crippen LogP contribution in [0.3, 0.4) is 0 Å². The molecule has 1 aromatic heterocycles. The fourth-order valence-electron chi connectivity index (χ4n) is 1.67. The van der Waals surface area contributed by atoms with E-state index >= 15 is 0 Å². The van der Waals surface area contributed by atoms with Gasteiger partial charge in [0.1, 0.15) is 0 Å². The zero-order valence-electron chi connectivity index (χ0n) is 9.84. The van der Waals surface area contributed by atoms with Gasteiger partial charge in [0.05, 0.1) is 12.8 Å². The van der Waals surface area contributed by atoms with Gasteiger partial charge in [0.2, 0.25) is 0 Å². The molecule has 0 amide bonds. The second-order valence-electron chi connectivity index (χ2n) is 3.88. The molecule has 2 aromatic rings. The van der Waals surface area contributed by atoms with Gasteiger partial charge >= 0.3 is 0 Å². The van der Waals surface area contributed by atoms with Crippen LogP contribution in [0.1, 0.15) is 11.3 Å². The summed E-state index contributed by atoms with van der Waals surface area (Å²) in [5.41, 5.74) is 7.56. The Hall–Kier alpha value is -2.17. The van der Waals surface area contributed by atoms with Gasteiger partial charge < -0.3 is 20.1 Å². The number of rotatable bonds is 3. The standard InChI is InChI=1S/C12H15N3O2/c1-15-7-9(14-12(15)13)5-8-3-4-10(16)11(6-8)17-2/h3-4,6-7,16H,5H2,1-2H3,(H2,13,14). The minimum atomic E-state index is 0.136. The number of phenolic OH excluding ortho intramolecular Hbond substituents is 1. The summed E-state index contributed by atoms with van der Waals surface area (Å²) in [4.78, 5) is 4.22. The van der Waals surface area contributed by atoms with E-state index in [1.807, 2.05) is 19.3 Å². The number of methoxy groups -OCH3 is 1. The Labute approximate surface area is 99.5 Å². The van der Waals surface area contributed by atoms with E-state index in [9.17, 15) is 5.11 Å². The zero-order chi connectivity index (χ0) is 12.4. The molecule has 0 atom stereocenters. The predicted octanol–water partition coefficient (Wildman–Crippen LogP) is 1.31. The number of aromatic hydroxyl groups is 1. The molecule has 3 N–H and O–H groups in total. The molecule has 0 spiro atoms. The van der Waals surface area contributed by atoms with Gasteiger partial charge in [-0.1, -0.05) is 6.07 Å². The fraction of sp³-hybridized carbons (Fsp3) is 0.250. The summed E-state index contributed by atoms with van der Waals surface area (Å²) in [6.45, 7) is 0. The first-order chi connectivity index (χ1) is 8.10. The van der Waals surface area contributed by atoms with Gasteiger partial charge in [-0.05, 0) is 17.7 Å². The first-order valence-corrected chi connectivity index (χ1v) is 5.23. The van der Waals surface area contributed by atoms with Crippen molar-refractivity contribution in [1.82, 2.24) is 9.55 Å². The predicted molar refractivity (Wildman–Crippen MR) is 65.1 cm³/mol. The van der Waals surface area contributed by atoms with Gasteiger partial charge in [0.25, 0.3) is 0 Å². The molecule has 1 heterocycles. The largest absolute Gasteiger partial charge is 0.504 e. The zero-order valence-corrected chi connectivity index (χ0v) is 9.84. The number of benzene rings is 1. The molecule has 5 nitrogen and oxygen atoms in total. The topological polar surface area (TPSA) is 73.3 Å². The van der Waals surface area contributed by atoms with E-state index in [2.05, 4.69) is 4.98 Å². The number of phenols is 1. The average molecular weight is 233 g/mol. The molecule has 90 valence electrons. The van der Waals surface area contributed by atoms with Crippen LogP contribution in [0, 0.1) is 0 Å². The number of nitrogen functional groups attached to an aromatic ring is 1. The SMILES string of the molecule is COc1cc(Cc2cn(C)c(N)n2)ccc1O. The molecule has 2 rings (SSSR count). The lowest BCUT2D eigenvalue weighted by Crippen LogP contribution is -1.94. The van der Waals surface area contributed by atoms with Gasteiger partial charge in [0.15, 0.2) is 17.4 Å². The van der Waals surface area contributed by atoms with Crippen molar-refractivity contribution in [2.24, 2.45) is 7.05 Å². The molecule has 0 saturated heterocycles. The Bertz CT molecular complexity index is 515. The van der Waals surface area contributed by atoms with Crippen molar-refractivity contribution >= 4 is 5.95 Å². The van der Waals surface area contributed by atoms with Crippen molar-refractivity contribution in [3.05, 3.63) is 35.7 Å². The van der Waals surface area contributed by atoms with Crippen LogP contribution in [0.4, 0.5) is 5.95 Å². The van der Waals surface area contributed by atoms with E-state index in [1.165, 1.54) is 7.11 Å². The van der Waals surface area contributed by atoms with Gasteiger partial charge in [-0.2, -0.15) is 0 Å². The van der Waals surface area contributed by atoms with Crippen molar-refractivity contribution in [3.8, 4) is 11.5 Å². The molecule has 0 fully saturated rings. The second-order valence-corrected chi connectivity index (χ2v) is 3.88. The lowest BCUT2D eigenvalue weighted by molar-refractivity contribution is 0.373. The number of hydrogen-bond donors (Lipinski definition) is 2. The number of anilines is 1. The summed E-state index contributed by atoms with van der Waals surface area (Å²) in [6.07, 6.45) is 2.54. The van der Waals surface area contributed by atoms with Gasteiger partial charge in [0, 0.05) is 19.7 Å². The van der Waals surface area contributed by atoms with Crippen molar-refractivity contribution in [3.63, 3.8) is 0 Å². The number of ether oxygens (including phenoxy) is 1. The number of aryl methyl sites for hydroxylation is 1. The third-order valence-electron chi connectivity index (χ3n) is 2.59. The first-order valence-electron chi connectivity index (χ1n) is 5.23. The average Bonchev–Trinajstić information content (AvgIpc) is 2.61. The van der Waals surface area contributed by atoms with Crippen LogP contribution in [-0.2, 0) is 13.5 Å². The molecule has 0 radical (unpaired) electrons. The van der Waals surface area contributed by atoms with Crippen molar-refractivity contribution in [2.75, 3.05) is 12.8 Å². The summed E-state index contributed by atoms with van der Waals surface area (Å²) in [6, 6.07) is 5.24. The van der Waals surface area contributed by atoms with Crippen LogP contribution in [-0.4, -0.2) is 21.8 Å². The molecule has 0 aliphatic rings. The molecule has 5 heteroatoms. The second kappa shape index (κ2) is 4.37. The molecule has 0 unspecified atom stereocenters. The molecule has 17 heavy (non-hydrogen) atoms. The van der Waals surface area contributed by atoms with E-state index in [4.69, 9.17) is 10.5 Å². The van der Waals surface area contributed by atoms with Crippen molar-refractivity contribution < 1.29 is 9.84 Å². The normalized spacial score (nSPS) is 10.5. The monoisotopic (exact) mass is 233 g/mol. The van der Waals surface area contributed by atoms with E-state index in [1.54, 1.807) is 16.7 Å². The van der Waals surface area contributed by atoms with E-state index in [0.29, 0.717) is 18.1 Å². The highest BCUT2D eigenvalue weighted by Gasteiger charge is 2.06. The third-order valence-corrected chi connectivity index (χ3v) is 2.59. The van der Waals surface area contributed by atoms with Gasteiger partial charge in [-0.25, -0.2) is 4.98 Å². The number of hydrogen-bond acceptors (Lipinski definition) is 4. The Morgan fingerprint density at radius 1 is 1.47 bits per heavy atom. The van der Waals surface area contributed by atoms with Crippen LogP contribution < -0.4 is 10.5 Å². The summed E-state index contributed by atoms with van der Waals surface area (Å²) in [7, 11) is 3.38. The summed E-state index contributed by atoms with van der Waals surface area (Å²) < 4.78 is 6.82. The van der Waals surface area contributed by atoms with E-state index in [0.717, 1.165) is 11.3 Å². The fourth-order valence-corrected chi connectivity index (χ4v) is 1.67. The maximum absolute atomic E-state index is 9.48. The van der Waals surface area contributed by atoms with E-state index in [-0.39, 0.29) is 5.75 Å². The quantitative estimate of drug-likeness (QED) is 0.838. The highest BCUT2D eigenvalue weighted by molar-refractivity contribution is 5.42. The maximum atomic E-state index is 9.48. The number of imidazole rings is 1. The lowest BCUT2D eigenvalue weighted by Gasteiger charge is -2.05. The maximum Gasteiger partial charge on any atom is 0.200 e. The Morgan fingerprint density at radius 3 is 2.82 bits per heavy atom. The first kappa shape index (κ1) is 11.3. The molecule has 0 saturated carbocycles. The van der Waals surface area contributed by atoms with Crippen LogP contribution >= 0.6 is 0 Å². The summed E-state index contributed by atoms with van der Waals surface area (Å²) in [5.74, 6) is 1.09. The number of nitrogens with zero attached hydrogens (tertiary/aromatic N) is 2. The van der Waals surface area contributed by atoms with Gasteiger partial charge in [-0.3, -0.25) is 0 Å². The highest BCUT2D eigenvalue weighted by Crippen LogP contribution is 2.27. The lowest BCUT2D eigenvalue weighted by atomic mass is 10.1. The molecule has 0 bridgehead atoms. The van der Waals surface area contributed by atoms with Crippen molar-refractivity contribution in [1.29, 1.82) is 0 Å². The highest BCUT2D eigenvalue weighted by atomic mass is 16.5. The van der Waals surface area contributed by atoms with Gasteiger partial charge in [-0.15, -0.1) is 0 Å². The number of nitrogens with two attached hydrogens (primary N) is 1. The molecular formula is C12H15N3O2. The van der Waals surface area contributed by atoms with Crippen LogP contribution in [0.5, 0.6) is 11.5 Å². The molecule has 0 aliphatic heterocycles. The Kier molecular flexibility index (Phi) is 2.91. The Balaban J connectivity index is 2.24. The van der Waals surface area contributed by atoms with E-state index < -0.39 is 0 Å². The van der Waals surface area contributed by atoms with Crippen LogP contribution in [0.15, 0.2) is 24.4 Å². The minimum Gasteiger partial charge on any atom is -0.504 e.